The van der Waals surface area contributed by atoms with E-state index in [0.29, 0.717) is 29.7 Å². The van der Waals surface area contributed by atoms with Gasteiger partial charge in [0.2, 0.25) is 0 Å². The van der Waals surface area contributed by atoms with Crippen LogP contribution in [-0.2, 0) is 11.2 Å². The summed E-state index contributed by atoms with van der Waals surface area (Å²) in [6.07, 6.45) is 2.25. The van der Waals surface area contributed by atoms with Gasteiger partial charge < -0.3 is 19.4 Å². The van der Waals surface area contributed by atoms with E-state index in [1.165, 1.54) is 11.8 Å². The van der Waals surface area contributed by atoms with Crippen molar-refractivity contribution in [3.63, 3.8) is 0 Å². The Morgan fingerprint density at radius 2 is 1.93 bits per heavy atom. The minimum Gasteiger partial charge on any atom is -0.484 e. The van der Waals surface area contributed by atoms with Crippen molar-refractivity contribution in [3.8, 4) is 5.75 Å². The molecule has 1 aliphatic rings. The van der Waals surface area contributed by atoms with E-state index < -0.39 is 0 Å². The minimum absolute atomic E-state index is 0.0901. The van der Waals surface area contributed by atoms with Gasteiger partial charge in [-0.2, -0.15) is 0 Å². The van der Waals surface area contributed by atoms with Crippen molar-refractivity contribution in [1.82, 2.24) is 0 Å². The molecule has 2 amide bonds. The Labute approximate surface area is 175 Å². The van der Waals surface area contributed by atoms with E-state index in [0.717, 1.165) is 17.7 Å². The first kappa shape index (κ1) is 19.8. The smallest absolute Gasteiger partial charge is 0.293 e. The van der Waals surface area contributed by atoms with E-state index in [2.05, 4.69) is 19.2 Å². The lowest BCUT2D eigenvalue weighted by Crippen LogP contribution is -2.28. The van der Waals surface area contributed by atoms with Crippen LogP contribution in [0.15, 0.2) is 65.3 Å². The normalized spacial score (nSPS) is 12.7. The molecule has 6 nitrogen and oxygen atoms in total. The van der Waals surface area contributed by atoms with E-state index in [1.54, 1.807) is 17.0 Å². The third-order valence-electron chi connectivity index (χ3n) is 5.16. The molecule has 6 heteroatoms. The maximum Gasteiger partial charge on any atom is 0.293 e. The first-order valence-electron chi connectivity index (χ1n) is 10.0. The number of carbonyl (C=O) groups excluding carboxylic acids is 2. The number of ether oxygens (including phenoxy) is 1. The van der Waals surface area contributed by atoms with Crippen molar-refractivity contribution >= 4 is 23.2 Å². The van der Waals surface area contributed by atoms with Crippen LogP contribution in [0.2, 0.25) is 0 Å². The number of carbonyl (C=O) groups is 2. The number of nitrogens with one attached hydrogen (secondary N) is 1. The van der Waals surface area contributed by atoms with Crippen LogP contribution in [0.4, 0.5) is 11.4 Å². The summed E-state index contributed by atoms with van der Waals surface area (Å²) in [5.74, 6) is 0.953. The number of anilines is 2. The van der Waals surface area contributed by atoms with Gasteiger partial charge in [-0.1, -0.05) is 32.0 Å². The van der Waals surface area contributed by atoms with Gasteiger partial charge in [0.1, 0.15) is 5.75 Å². The number of fused-ring (bicyclic) bond motifs is 1. The molecule has 0 saturated heterocycles. The Bertz CT molecular complexity index is 1040. The van der Waals surface area contributed by atoms with Gasteiger partial charge in [0.25, 0.3) is 11.8 Å². The molecule has 1 aromatic heterocycles. The van der Waals surface area contributed by atoms with Crippen LogP contribution in [0.25, 0.3) is 0 Å². The van der Waals surface area contributed by atoms with E-state index in [4.69, 9.17) is 9.15 Å². The molecule has 4 rings (SSSR count). The number of amides is 2. The van der Waals surface area contributed by atoms with Crippen LogP contribution in [0, 0.1) is 0 Å². The second-order valence-corrected chi connectivity index (χ2v) is 7.59. The van der Waals surface area contributed by atoms with E-state index >= 15 is 0 Å². The van der Waals surface area contributed by atoms with Gasteiger partial charge in [-0.25, -0.2) is 0 Å². The fourth-order valence-corrected chi connectivity index (χ4v) is 3.50. The lowest BCUT2D eigenvalue weighted by atomic mass is 10.0. The third-order valence-corrected chi connectivity index (χ3v) is 5.16. The molecule has 3 aromatic rings. The van der Waals surface area contributed by atoms with E-state index in [1.807, 2.05) is 42.5 Å². The lowest BCUT2D eigenvalue weighted by Gasteiger charge is -2.17. The Morgan fingerprint density at radius 3 is 2.63 bits per heavy atom. The molecule has 0 radical (unpaired) electrons. The van der Waals surface area contributed by atoms with Gasteiger partial charge >= 0.3 is 0 Å². The van der Waals surface area contributed by atoms with Crippen molar-refractivity contribution < 1.29 is 18.7 Å². The highest BCUT2D eigenvalue weighted by Crippen LogP contribution is 2.32. The van der Waals surface area contributed by atoms with E-state index in [-0.39, 0.29) is 18.4 Å². The molecule has 1 N–H and O–H groups in total. The monoisotopic (exact) mass is 404 g/mol. The number of nitrogens with zero attached hydrogens (tertiary/aromatic N) is 1. The molecule has 0 spiro atoms. The van der Waals surface area contributed by atoms with Gasteiger partial charge in [0.15, 0.2) is 12.4 Å². The Morgan fingerprint density at radius 1 is 1.13 bits per heavy atom. The molecule has 1 aliphatic heterocycles. The molecule has 154 valence electrons. The maximum absolute atomic E-state index is 12.7. The standard InChI is InChI=1S/C24H24N2O4/c1-16(2)17-6-9-20(10-7-17)30-15-23(27)25-19-8-5-18-11-12-26(21(18)14-19)24(28)22-4-3-13-29-22/h3-10,13-14,16H,11-12,15H2,1-2H3,(H,25,27). The summed E-state index contributed by atoms with van der Waals surface area (Å²) in [6.45, 7) is 4.75. The van der Waals surface area contributed by atoms with E-state index in [9.17, 15) is 9.59 Å². The van der Waals surface area contributed by atoms with Crippen LogP contribution < -0.4 is 15.0 Å². The summed E-state index contributed by atoms with van der Waals surface area (Å²) in [6, 6.07) is 16.7. The molecule has 0 saturated carbocycles. The molecule has 0 unspecified atom stereocenters. The average molecular weight is 404 g/mol. The van der Waals surface area contributed by atoms with Crippen molar-refractivity contribution in [2.24, 2.45) is 0 Å². The Kier molecular flexibility index (Phi) is 5.57. The SMILES string of the molecule is CC(C)c1ccc(OCC(=O)Nc2ccc3c(c2)N(C(=O)c2ccco2)CC3)cc1. The highest BCUT2D eigenvalue weighted by Gasteiger charge is 2.27. The van der Waals surface area contributed by atoms with Crippen LogP contribution in [0.3, 0.4) is 0 Å². The zero-order valence-electron chi connectivity index (χ0n) is 17.1. The van der Waals surface area contributed by atoms with Crippen molar-refractivity contribution in [2.45, 2.75) is 26.2 Å². The average Bonchev–Trinajstić information content (AvgIpc) is 3.42. The fourth-order valence-electron chi connectivity index (χ4n) is 3.50. The second-order valence-electron chi connectivity index (χ2n) is 7.59. The minimum atomic E-state index is -0.259. The second kappa shape index (κ2) is 8.45. The van der Waals surface area contributed by atoms with Crippen molar-refractivity contribution in [2.75, 3.05) is 23.4 Å². The predicted molar refractivity (Wildman–Crippen MR) is 115 cm³/mol. The molecule has 2 aromatic carbocycles. The summed E-state index contributed by atoms with van der Waals surface area (Å²) < 4.78 is 10.8. The van der Waals surface area contributed by atoms with Crippen LogP contribution in [0.5, 0.6) is 5.75 Å². The highest BCUT2D eigenvalue weighted by molar-refractivity contribution is 6.06. The molecule has 0 fully saturated rings. The quantitative estimate of drug-likeness (QED) is 0.651. The van der Waals surface area contributed by atoms with Gasteiger partial charge in [-0.15, -0.1) is 0 Å². The molecule has 30 heavy (non-hydrogen) atoms. The molecular formula is C24H24N2O4. The largest absolute Gasteiger partial charge is 0.484 e. The van der Waals surface area contributed by atoms with Crippen LogP contribution in [-0.4, -0.2) is 25.0 Å². The summed E-state index contributed by atoms with van der Waals surface area (Å²) in [7, 11) is 0. The molecule has 0 bridgehead atoms. The number of furan rings is 1. The number of benzene rings is 2. The summed E-state index contributed by atoms with van der Waals surface area (Å²) in [4.78, 5) is 26.7. The maximum atomic E-state index is 12.7. The van der Waals surface area contributed by atoms with Crippen LogP contribution >= 0.6 is 0 Å². The van der Waals surface area contributed by atoms with Gasteiger partial charge in [0, 0.05) is 17.9 Å². The first-order chi connectivity index (χ1) is 14.5. The van der Waals surface area contributed by atoms with Crippen LogP contribution in [0.1, 0.15) is 41.4 Å². The number of rotatable bonds is 6. The fraction of sp³-hybridized carbons (Fsp3) is 0.250. The summed E-state index contributed by atoms with van der Waals surface area (Å²) >= 11 is 0. The number of hydrogen-bond acceptors (Lipinski definition) is 4. The highest BCUT2D eigenvalue weighted by atomic mass is 16.5. The molecule has 0 aliphatic carbocycles. The Hall–Kier alpha value is -3.54. The first-order valence-corrected chi connectivity index (χ1v) is 10.0. The molecule has 0 atom stereocenters. The van der Waals surface area contributed by atoms with Gasteiger partial charge in [-0.3, -0.25) is 9.59 Å². The van der Waals surface area contributed by atoms with Crippen molar-refractivity contribution in [3.05, 3.63) is 77.7 Å². The molecular weight excluding hydrogens is 380 g/mol. The molecule has 2 heterocycles. The zero-order valence-corrected chi connectivity index (χ0v) is 17.1. The van der Waals surface area contributed by atoms with Crippen molar-refractivity contribution in [1.29, 1.82) is 0 Å². The van der Waals surface area contributed by atoms with Gasteiger partial charge in [-0.05, 0) is 59.9 Å². The predicted octanol–water partition coefficient (Wildman–Crippen LogP) is 4.62. The zero-order chi connectivity index (χ0) is 21.1. The summed E-state index contributed by atoms with van der Waals surface area (Å²) in [5, 5.41) is 2.84. The van der Waals surface area contributed by atoms with Gasteiger partial charge in [0.05, 0.1) is 6.26 Å². The summed E-state index contributed by atoms with van der Waals surface area (Å²) in [5.41, 5.74) is 3.70. The number of hydrogen-bond donors (Lipinski definition) is 1. The third kappa shape index (κ3) is 4.22. The topological polar surface area (TPSA) is 71.8 Å². The Balaban J connectivity index is 1.39. The lowest BCUT2D eigenvalue weighted by molar-refractivity contribution is -0.118.